The number of likely N-dealkylation sites (tertiary alicyclic amines) is 1. The Kier molecular flexibility index (Phi) is 11.0. The van der Waals surface area contributed by atoms with Gasteiger partial charge in [-0.05, 0) is 44.2 Å². The molecule has 0 spiro atoms. The van der Waals surface area contributed by atoms with Crippen molar-refractivity contribution in [2.24, 2.45) is 5.92 Å². The van der Waals surface area contributed by atoms with E-state index in [0.29, 0.717) is 76.5 Å². The molecule has 6 bridgehead atoms. The van der Waals surface area contributed by atoms with E-state index >= 15 is 0 Å². The Morgan fingerprint density at radius 3 is 2.64 bits per heavy atom. The second-order valence-corrected chi connectivity index (χ2v) is 11.0. The summed E-state index contributed by atoms with van der Waals surface area (Å²) < 4.78 is 11.4. The van der Waals surface area contributed by atoms with E-state index in [9.17, 15) is 14.4 Å². The first-order valence-electron chi connectivity index (χ1n) is 14.7. The van der Waals surface area contributed by atoms with Crippen molar-refractivity contribution in [3.63, 3.8) is 0 Å². The van der Waals surface area contributed by atoms with Gasteiger partial charge in [0, 0.05) is 51.8 Å². The zero-order valence-corrected chi connectivity index (χ0v) is 23.6. The maximum absolute atomic E-state index is 13.7. The van der Waals surface area contributed by atoms with E-state index < -0.39 is 0 Å². The molecular formula is C29H45N5O5. The highest BCUT2D eigenvalue weighted by Crippen LogP contribution is 2.25. The van der Waals surface area contributed by atoms with Crippen molar-refractivity contribution in [3.8, 4) is 5.88 Å². The molecule has 4 aliphatic rings. The van der Waals surface area contributed by atoms with Crippen LogP contribution in [0.2, 0.25) is 0 Å². The van der Waals surface area contributed by atoms with Gasteiger partial charge in [0.1, 0.15) is 12.3 Å². The van der Waals surface area contributed by atoms with E-state index in [4.69, 9.17) is 9.47 Å². The number of unbranched alkanes of at least 4 members (excludes halogenated alkanes) is 3. The average molecular weight is 544 g/mol. The highest BCUT2D eigenvalue weighted by molar-refractivity contribution is 5.92. The number of nitrogens with one attached hydrogen (secondary N) is 1. The number of pyridine rings is 1. The van der Waals surface area contributed by atoms with Crippen LogP contribution in [0.1, 0.15) is 69.3 Å². The van der Waals surface area contributed by atoms with Crippen molar-refractivity contribution < 1.29 is 23.9 Å². The van der Waals surface area contributed by atoms with Crippen LogP contribution in [0.5, 0.6) is 5.88 Å². The summed E-state index contributed by atoms with van der Waals surface area (Å²) in [5.74, 6) is 0.687. The molecule has 0 radical (unpaired) electrons. The van der Waals surface area contributed by atoms with Gasteiger partial charge in [-0.1, -0.05) is 32.3 Å². The Morgan fingerprint density at radius 2 is 1.87 bits per heavy atom. The lowest BCUT2D eigenvalue weighted by molar-refractivity contribution is -0.138. The Morgan fingerprint density at radius 1 is 1.05 bits per heavy atom. The second-order valence-electron chi connectivity index (χ2n) is 11.0. The number of rotatable bonds is 5. The number of nitrogens with zero attached hydrogens (tertiary/aromatic N) is 4. The van der Waals surface area contributed by atoms with Gasteiger partial charge in [0.25, 0.3) is 5.91 Å². The first-order valence-corrected chi connectivity index (χ1v) is 14.7. The number of piperidine rings is 1. The van der Waals surface area contributed by atoms with Crippen molar-refractivity contribution in [1.29, 1.82) is 0 Å². The number of ether oxygens (including phenoxy) is 2. The summed E-state index contributed by atoms with van der Waals surface area (Å²) in [5.41, 5.74) is 0.294. The quantitative estimate of drug-likeness (QED) is 0.449. The van der Waals surface area contributed by atoms with Crippen molar-refractivity contribution >= 4 is 17.7 Å². The average Bonchev–Trinajstić information content (AvgIpc) is 3.34. The number of aromatic nitrogens is 1. The third kappa shape index (κ3) is 8.38. The van der Waals surface area contributed by atoms with Gasteiger partial charge in [-0.3, -0.25) is 19.3 Å². The normalized spacial score (nSPS) is 25.6. The maximum Gasteiger partial charge on any atom is 0.270 e. The summed E-state index contributed by atoms with van der Waals surface area (Å²) >= 11 is 0. The third-order valence-corrected chi connectivity index (χ3v) is 8.11. The Hall–Kier alpha value is -2.72. The second kappa shape index (κ2) is 14.6. The van der Waals surface area contributed by atoms with Gasteiger partial charge in [0.05, 0.1) is 19.3 Å². The molecule has 4 aliphatic heterocycles. The van der Waals surface area contributed by atoms with Crippen molar-refractivity contribution in [2.45, 2.75) is 70.9 Å². The van der Waals surface area contributed by atoms with Crippen molar-refractivity contribution in [1.82, 2.24) is 25.0 Å². The fourth-order valence-electron chi connectivity index (χ4n) is 5.85. The fraction of sp³-hybridized carbons (Fsp3) is 0.724. The molecule has 1 N–H and O–H groups in total. The van der Waals surface area contributed by atoms with Gasteiger partial charge < -0.3 is 24.6 Å². The molecule has 10 heteroatoms. The summed E-state index contributed by atoms with van der Waals surface area (Å²) in [6.07, 6.45) is 6.91. The first-order chi connectivity index (χ1) is 18.9. The van der Waals surface area contributed by atoms with Crippen LogP contribution >= 0.6 is 0 Å². The smallest absolute Gasteiger partial charge is 0.270 e. The highest BCUT2D eigenvalue weighted by Gasteiger charge is 2.40. The molecule has 10 nitrogen and oxygen atoms in total. The minimum atomic E-state index is -0.253. The molecule has 5 heterocycles. The predicted molar refractivity (Wildman–Crippen MR) is 147 cm³/mol. The third-order valence-electron chi connectivity index (χ3n) is 8.11. The van der Waals surface area contributed by atoms with E-state index in [2.05, 4.69) is 22.1 Å². The van der Waals surface area contributed by atoms with Crippen LogP contribution in [0, 0.1) is 5.92 Å². The van der Waals surface area contributed by atoms with E-state index in [1.807, 2.05) is 9.80 Å². The van der Waals surface area contributed by atoms with Crippen LogP contribution in [-0.4, -0.2) is 109 Å². The van der Waals surface area contributed by atoms with E-state index in [0.717, 1.165) is 32.2 Å². The Balaban J connectivity index is 1.49. The zero-order valence-electron chi connectivity index (χ0n) is 23.6. The van der Waals surface area contributed by atoms with Crippen molar-refractivity contribution in [3.05, 3.63) is 23.9 Å². The SMILES string of the molecule is CCCCCCN1C[C@@H]2C[C@H]1C(=O)N1CCC(CC1)CN(C(C)=O)CCOCCOc1cccc(n1)C(=O)N2. The number of hydrogen-bond acceptors (Lipinski definition) is 7. The molecule has 2 fully saturated rings. The molecule has 1 aromatic heterocycles. The molecule has 0 saturated carbocycles. The molecule has 2 atom stereocenters. The van der Waals surface area contributed by atoms with E-state index in [1.54, 1.807) is 25.1 Å². The van der Waals surface area contributed by atoms with Crippen LogP contribution in [0.3, 0.4) is 0 Å². The summed E-state index contributed by atoms with van der Waals surface area (Å²) in [6, 6.07) is 4.80. The summed E-state index contributed by atoms with van der Waals surface area (Å²) in [7, 11) is 0. The molecule has 0 unspecified atom stereocenters. The van der Waals surface area contributed by atoms with Crippen LogP contribution in [-0.2, 0) is 14.3 Å². The first kappa shape index (κ1) is 29.3. The molecule has 3 amide bonds. The summed E-state index contributed by atoms with van der Waals surface area (Å²) in [6.45, 7) is 9.03. The maximum atomic E-state index is 13.7. The van der Waals surface area contributed by atoms with Crippen LogP contribution in [0.15, 0.2) is 18.2 Å². The number of amides is 3. The lowest BCUT2D eigenvalue weighted by Crippen LogP contribution is -2.49. The lowest BCUT2D eigenvalue weighted by Gasteiger charge is -2.37. The van der Waals surface area contributed by atoms with Crippen LogP contribution in [0.25, 0.3) is 0 Å². The molecular weight excluding hydrogens is 498 g/mol. The Labute approximate surface area is 232 Å². The molecule has 1 aromatic rings. The molecule has 5 rings (SSSR count). The van der Waals surface area contributed by atoms with E-state index in [-0.39, 0.29) is 29.8 Å². The van der Waals surface area contributed by atoms with E-state index in [1.165, 1.54) is 12.8 Å². The number of fused-ring (bicyclic) bond motifs is 10. The summed E-state index contributed by atoms with van der Waals surface area (Å²) in [5, 5.41) is 3.13. The van der Waals surface area contributed by atoms with Crippen LogP contribution < -0.4 is 10.1 Å². The monoisotopic (exact) mass is 543 g/mol. The topological polar surface area (TPSA) is 104 Å². The molecule has 0 aromatic carbocycles. The van der Waals surface area contributed by atoms with Gasteiger partial charge in [0.15, 0.2) is 0 Å². The Bertz CT molecular complexity index is 967. The molecule has 2 saturated heterocycles. The number of hydrogen-bond donors (Lipinski definition) is 1. The van der Waals surface area contributed by atoms with Gasteiger partial charge in [-0.15, -0.1) is 0 Å². The molecule has 0 aliphatic carbocycles. The van der Waals surface area contributed by atoms with Crippen LogP contribution in [0.4, 0.5) is 0 Å². The minimum absolute atomic E-state index is 0.0423. The highest BCUT2D eigenvalue weighted by atomic mass is 16.5. The van der Waals surface area contributed by atoms with Gasteiger partial charge >= 0.3 is 0 Å². The number of carbonyl (C=O) groups excluding carboxylic acids is 3. The molecule has 216 valence electrons. The van der Waals surface area contributed by atoms with Gasteiger partial charge in [-0.25, -0.2) is 4.98 Å². The predicted octanol–water partition coefficient (Wildman–Crippen LogP) is 2.33. The fourth-order valence-corrected chi connectivity index (χ4v) is 5.85. The lowest BCUT2D eigenvalue weighted by atomic mass is 9.95. The minimum Gasteiger partial charge on any atom is -0.475 e. The van der Waals surface area contributed by atoms with Crippen molar-refractivity contribution in [2.75, 3.05) is 59.1 Å². The zero-order chi connectivity index (χ0) is 27.6. The van der Waals surface area contributed by atoms with Gasteiger partial charge in [-0.2, -0.15) is 0 Å². The largest absolute Gasteiger partial charge is 0.475 e. The van der Waals surface area contributed by atoms with Gasteiger partial charge in [0.2, 0.25) is 17.7 Å². The summed E-state index contributed by atoms with van der Waals surface area (Å²) in [4.78, 5) is 49.6. The molecule has 39 heavy (non-hydrogen) atoms. The standard InChI is InChI=1S/C29H45N5O5/c1-3-4-5-6-12-34-21-24-19-26(34)29(37)32-13-10-23(11-14-32)20-33(22(2)35)15-16-38-17-18-39-27-9-7-8-25(31-27)28(36)30-24/h7-9,23-24,26H,3-6,10-21H2,1-2H3,(H,30,36)/t24-,26-/m0/s1. The number of carbonyl (C=O) groups is 3.